The number of ether oxygens (including phenoxy) is 1. The van der Waals surface area contributed by atoms with Gasteiger partial charge in [0.2, 0.25) is 0 Å². The number of nitrogens with zero attached hydrogens (tertiary/aromatic N) is 3. The Morgan fingerprint density at radius 3 is 2.88 bits per heavy atom. The van der Waals surface area contributed by atoms with Crippen LogP contribution in [0.1, 0.15) is 12.1 Å². The molecule has 2 saturated heterocycles. The first-order chi connectivity index (χ1) is 14.9. The van der Waals surface area contributed by atoms with E-state index in [0.29, 0.717) is 23.9 Å². The largest absolute Gasteiger partial charge is 1.00 e. The molecule has 0 saturated carbocycles. The van der Waals surface area contributed by atoms with E-state index in [1.165, 1.54) is 35.5 Å². The van der Waals surface area contributed by atoms with Gasteiger partial charge in [-0.05, 0) is 6.42 Å². The predicted octanol–water partition coefficient (Wildman–Crippen LogP) is -4.04. The summed E-state index contributed by atoms with van der Waals surface area (Å²) in [6.45, 7) is 1.17. The number of thioether (sulfide) groups is 2. The van der Waals surface area contributed by atoms with Crippen LogP contribution in [-0.4, -0.2) is 76.1 Å². The van der Waals surface area contributed by atoms with Crippen molar-refractivity contribution in [3.63, 3.8) is 0 Å². The minimum absolute atomic E-state index is 0. The summed E-state index contributed by atoms with van der Waals surface area (Å²) in [5, 5.41) is 19.5. The van der Waals surface area contributed by atoms with Crippen LogP contribution < -0.4 is 45.7 Å². The zero-order valence-corrected chi connectivity index (χ0v) is 21.7. The number of carbonyl (C=O) groups is 3. The Labute approximate surface area is 217 Å². The quantitative estimate of drug-likeness (QED) is 0.161. The summed E-state index contributed by atoms with van der Waals surface area (Å²) in [5.74, 6) is -2.22. The molecule has 15 heteroatoms. The van der Waals surface area contributed by atoms with Crippen molar-refractivity contribution in [2.24, 2.45) is 5.16 Å². The number of hydrogen-bond donors (Lipinski definition) is 2. The van der Waals surface area contributed by atoms with E-state index >= 15 is 0 Å². The molecule has 0 bridgehead atoms. The number of aliphatic carboxylic acids is 1. The molecule has 1 aromatic rings. The minimum Gasteiger partial charge on any atom is -0.543 e. The molecule has 11 nitrogen and oxygen atoms in total. The molecule has 0 aliphatic carbocycles. The molecule has 2 fully saturated rings. The molecular formula is C17H18N5NaO6S3. The number of anilines is 1. The summed E-state index contributed by atoms with van der Waals surface area (Å²) in [6, 6.07) is -0.911. The van der Waals surface area contributed by atoms with Gasteiger partial charge in [-0.1, -0.05) is 5.16 Å². The molecule has 3 atom stereocenters. The molecule has 4 heterocycles. The van der Waals surface area contributed by atoms with Crippen molar-refractivity contribution in [3.8, 4) is 0 Å². The third-order valence-electron chi connectivity index (χ3n) is 4.77. The van der Waals surface area contributed by atoms with Crippen molar-refractivity contribution in [3.05, 3.63) is 21.7 Å². The molecule has 2 unspecified atom stereocenters. The summed E-state index contributed by atoms with van der Waals surface area (Å²) >= 11 is 3.92. The molecule has 3 aliphatic rings. The van der Waals surface area contributed by atoms with Gasteiger partial charge >= 0.3 is 29.6 Å². The van der Waals surface area contributed by atoms with E-state index in [-0.39, 0.29) is 57.0 Å². The number of nitrogens with one attached hydrogen (secondary N) is 1. The van der Waals surface area contributed by atoms with E-state index in [1.807, 2.05) is 0 Å². The fourth-order valence-corrected chi connectivity index (χ4v) is 6.67. The Morgan fingerprint density at radius 1 is 1.50 bits per heavy atom. The number of oxime groups is 1. The molecular weight excluding hydrogens is 489 g/mol. The van der Waals surface area contributed by atoms with Gasteiger partial charge in [-0.15, -0.1) is 34.9 Å². The van der Waals surface area contributed by atoms with Crippen LogP contribution in [0.5, 0.6) is 0 Å². The van der Waals surface area contributed by atoms with Crippen molar-refractivity contribution in [2.75, 3.05) is 31.8 Å². The molecule has 2 amide bonds. The summed E-state index contributed by atoms with van der Waals surface area (Å²) < 4.78 is 5.34. The number of β-lactam (4-membered cyclic amide) rings is 1. The Hall–Kier alpha value is -1.29. The number of thiazole rings is 1. The molecule has 4 rings (SSSR count). The summed E-state index contributed by atoms with van der Waals surface area (Å²) in [6.07, 6.45) is 0.817. The molecule has 32 heavy (non-hydrogen) atoms. The maximum Gasteiger partial charge on any atom is 1.00 e. The second-order valence-corrected chi connectivity index (χ2v) is 10.1. The Kier molecular flexibility index (Phi) is 8.52. The topological polar surface area (TPSA) is 159 Å². The number of hydrogen-bond acceptors (Lipinski definition) is 12. The van der Waals surface area contributed by atoms with Gasteiger partial charge in [-0.25, -0.2) is 4.98 Å². The fraction of sp³-hybridized carbons (Fsp3) is 0.471. The number of carboxylic acids is 1. The van der Waals surface area contributed by atoms with E-state index < -0.39 is 29.2 Å². The zero-order valence-electron chi connectivity index (χ0n) is 17.2. The molecule has 3 N–H and O–H groups in total. The molecule has 3 aliphatic heterocycles. The monoisotopic (exact) mass is 507 g/mol. The second kappa shape index (κ2) is 10.8. The van der Waals surface area contributed by atoms with Crippen molar-refractivity contribution >= 4 is 63.5 Å². The van der Waals surface area contributed by atoms with Crippen molar-refractivity contribution in [1.82, 2.24) is 15.2 Å². The van der Waals surface area contributed by atoms with Crippen molar-refractivity contribution in [2.45, 2.75) is 23.1 Å². The van der Waals surface area contributed by atoms with Gasteiger partial charge in [0.25, 0.3) is 11.8 Å². The van der Waals surface area contributed by atoms with E-state index in [9.17, 15) is 19.5 Å². The van der Waals surface area contributed by atoms with E-state index in [2.05, 4.69) is 15.5 Å². The summed E-state index contributed by atoms with van der Waals surface area (Å²) in [7, 11) is 1.28. The van der Waals surface area contributed by atoms with Crippen LogP contribution in [0.25, 0.3) is 0 Å². The molecule has 0 radical (unpaired) electrons. The van der Waals surface area contributed by atoms with E-state index in [1.54, 1.807) is 5.38 Å². The zero-order chi connectivity index (χ0) is 22.1. The van der Waals surface area contributed by atoms with Crippen LogP contribution in [0.15, 0.2) is 21.1 Å². The van der Waals surface area contributed by atoms with Gasteiger partial charge < -0.3 is 30.5 Å². The Morgan fingerprint density at radius 2 is 2.28 bits per heavy atom. The average molecular weight is 508 g/mol. The van der Waals surface area contributed by atoms with Crippen LogP contribution in [0.2, 0.25) is 0 Å². The van der Waals surface area contributed by atoms with Gasteiger partial charge in [0, 0.05) is 27.9 Å². The third-order valence-corrected chi connectivity index (χ3v) is 8.24. The van der Waals surface area contributed by atoms with Crippen molar-refractivity contribution in [1.29, 1.82) is 0 Å². The number of amides is 2. The first-order valence-corrected chi connectivity index (χ1v) is 12.0. The average Bonchev–Trinajstić information content (AvgIpc) is 3.41. The number of nitrogen functional groups attached to an aromatic ring is 1. The summed E-state index contributed by atoms with van der Waals surface area (Å²) in [4.78, 5) is 47.8. The number of carbonyl (C=O) groups excluding carboxylic acids is 3. The van der Waals surface area contributed by atoms with Gasteiger partial charge in [0.1, 0.15) is 24.2 Å². The second-order valence-electron chi connectivity index (χ2n) is 6.72. The molecule has 0 spiro atoms. The summed E-state index contributed by atoms with van der Waals surface area (Å²) in [5.41, 5.74) is 5.57. The molecule has 166 valence electrons. The number of carboxylic acid groups (broad SMARTS) is 1. The number of rotatable bonds is 7. The van der Waals surface area contributed by atoms with Gasteiger partial charge in [0.15, 0.2) is 10.8 Å². The third kappa shape index (κ3) is 4.95. The van der Waals surface area contributed by atoms with Gasteiger partial charge in [0.05, 0.1) is 18.3 Å². The fourth-order valence-electron chi connectivity index (χ4n) is 3.38. The van der Waals surface area contributed by atoms with E-state index in [0.717, 1.165) is 17.8 Å². The first-order valence-electron chi connectivity index (χ1n) is 9.17. The van der Waals surface area contributed by atoms with Crippen LogP contribution in [0.4, 0.5) is 5.13 Å². The first kappa shape index (κ1) is 25.3. The maximum absolute atomic E-state index is 12.8. The van der Waals surface area contributed by atoms with Crippen LogP contribution in [0, 0.1) is 0 Å². The predicted molar refractivity (Wildman–Crippen MR) is 114 cm³/mol. The smallest absolute Gasteiger partial charge is 0.543 e. The standard InChI is InChI=1S/C17H19N5O6S3.Na/c1-27-21-10(8-5-30-17(18)19-8)13(23)20-11-14(24)22-12(16(25)26)9(6-29-15(11)22)31-7-2-3-28-4-7;/h5,7,11,15H,2-4,6H2,1H3,(H2,18,19)(H,20,23)(H,25,26);/q;+1/p-1/b21-10-;/t7?,11?,15-;/m1./s1. The van der Waals surface area contributed by atoms with Gasteiger partial charge in [-0.3, -0.25) is 14.5 Å². The van der Waals surface area contributed by atoms with Crippen LogP contribution in [0.3, 0.4) is 0 Å². The molecule has 0 aromatic carbocycles. The number of nitrogens with two attached hydrogens (primary N) is 1. The maximum atomic E-state index is 12.8. The van der Waals surface area contributed by atoms with Gasteiger partial charge in [-0.2, -0.15) is 0 Å². The van der Waals surface area contributed by atoms with Crippen molar-refractivity contribution < 1.29 is 58.6 Å². The van der Waals surface area contributed by atoms with Crippen LogP contribution >= 0.6 is 34.9 Å². The normalized spacial score (nSPS) is 25.0. The number of aromatic nitrogens is 1. The van der Waals surface area contributed by atoms with Crippen LogP contribution in [-0.2, 0) is 24.0 Å². The minimum atomic E-state index is -1.41. The molecule has 1 aromatic heterocycles. The SMILES string of the molecule is CO/N=C(\C(=O)NC1C(=O)N2C(C(=O)[O-])=C(SC3CCOC3)CS[C@H]12)c1csc(N)n1.[Na+]. The Balaban J connectivity index is 0.00000289. The Bertz CT molecular complexity index is 980. The van der Waals surface area contributed by atoms with E-state index in [4.69, 9.17) is 15.3 Å². The number of fused-ring (bicyclic) bond motifs is 1.